The van der Waals surface area contributed by atoms with Gasteiger partial charge in [-0.3, -0.25) is 0 Å². The smallest absolute Gasteiger partial charge is 0.160 e. The topological polar surface area (TPSA) is 35.1 Å². The minimum Gasteiger partial charge on any atom is -0.493 e. The summed E-state index contributed by atoms with van der Waals surface area (Å²) in [5, 5.41) is 2.58. The molecule has 2 N–H and O–H groups in total. The highest BCUT2D eigenvalue weighted by atomic mass is 16.5. The number of ether oxygens (including phenoxy) is 2. The maximum Gasteiger partial charge on any atom is 0.160 e. The second-order valence-electron chi connectivity index (χ2n) is 6.30. The van der Waals surface area contributed by atoms with Crippen molar-refractivity contribution in [3.05, 3.63) is 23.8 Å². The number of hydrogen-bond donors (Lipinski definition) is 1. The monoisotopic (exact) mass is 276 g/mol. The Morgan fingerprint density at radius 1 is 1.10 bits per heavy atom. The molecule has 0 aliphatic heterocycles. The summed E-state index contributed by atoms with van der Waals surface area (Å²) in [5.41, 5.74) is 1.34. The van der Waals surface area contributed by atoms with Crippen LogP contribution in [0.2, 0.25) is 0 Å². The van der Waals surface area contributed by atoms with E-state index in [9.17, 15) is 0 Å². The summed E-state index contributed by atoms with van der Waals surface area (Å²) in [6.45, 7) is 1.18. The van der Waals surface area contributed by atoms with E-state index in [1.54, 1.807) is 14.2 Å². The highest BCUT2D eigenvalue weighted by Crippen LogP contribution is 2.42. The Balaban J connectivity index is 1.51. The van der Waals surface area contributed by atoms with Gasteiger partial charge in [0.2, 0.25) is 0 Å². The van der Waals surface area contributed by atoms with Gasteiger partial charge in [-0.2, -0.15) is 0 Å². The van der Waals surface area contributed by atoms with Gasteiger partial charge < -0.3 is 14.8 Å². The summed E-state index contributed by atoms with van der Waals surface area (Å²) in [4.78, 5) is 0. The van der Waals surface area contributed by atoms with Crippen LogP contribution < -0.4 is 14.8 Å². The molecule has 20 heavy (non-hydrogen) atoms. The molecule has 2 fully saturated rings. The molecule has 2 saturated carbocycles. The average molecular weight is 276 g/mol. The van der Waals surface area contributed by atoms with Crippen LogP contribution in [0.5, 0.6) is 11.5 Å². The molecule has 0 spiro atoms. The normalized spacial score (nSPS) is 27.8. The molecule has 0 heterocycles. The van der Waals surface area contributed by atoms with E-state index >= 15 is 0 Å². The molecule has 0 amide bonds. The van der Waals surface area contributed by atoms with Crippen LogP contribution in [0.1, 0.15) is 31.2 Å². The molecular weight excluding hydrogens is 250 g/mol. The van der Waals surface area contributed by atoms with Crippen molar-refractivity contribution in [2.24, 2.45) is 11.8 Å². The zero-order valence-electron chi connectivity index (χ0n) is 12.6. The van der Waals surface area contributed by atoms with Crippen LogP contribution in [0.25, 0.3) is 0 Å². The van der Waals surface area contributed by atoms with E-state index in [1.807, 2.05) is 6.07 Å². The first-order valence-electron chi connectivity index (χ1n) is 7.84. The molecule has 0 aromatic heterocycles. The lowest BCUT2D eigenvalue weighted by Crippen LogP contribution is -2.91. The van der Waals surface area contributed by atoms with Crippen LogP contribution in [-0.4, -0.2) is 26.8 Å². The van der Waals surface area contributed by atoms with Crippen molar-refractivity contribution in [2.45, 2.75) is 38.1 Å². The van der Waals surface area contributed by atoms with Gasteiger partial charge in [-0.1, -0.05) is 6.07 Å². The molecule has 2 aliphatic carbocycles. The highest BCUT2D eigenvalue weighted by Gasteiger charge is 2.41. The van der Waals surface area contributed by atoms with Gasteiger partial charge >= 0.3 is 0 Å². The molecule has 1 aromatic rings. The summed E-state index contributed by atoms with van der Waals surface area (Å²) >= 11 is 0. The van der Waals surface area contributed by atoms with E-state index in [-0.39, 0.29) is 0 Å². The molecule has 3 rings (SSSR count). The Hall–Kier alpha value is -1.22. The standard InChI is InChI=1S/C17H25NO2/c1-19-16-6-4-12(11-17(16)20-2)7-8-18-15-10-13-3-5-14(15)9-13/h4,6,11,13-15,18H,3,5,7-10H2,1-2H3/p+1/t13-,14-,15-/m1/s1. The summed E-state index contributed by atoms with van der Waals surface area (Å²) < 4.78 is 10.6. The highest BCUT2D eigenvalue weighted by molar-refractivity contribution is 5.42. The Bertz CT molecular complexity index is 460. The Kier molecular flexibility index (Phi) is 4.16. The summed E-state index contributed by atoms with van der Waals surface area (Å²) in [6, 6.07) is 7.16. The van der Waals surface area contributed by atoms with Crippen LogP contribution in [0.15, 0.2) is 18.2 Å². The van der Waals surface area contributed by atoms with Crippen LogP contribution in [0.4, 0.5) is 0 Å². The fraction of sp³-hybridized carbons (Fsp3) is 0.647. The Labute approximate surface area is 121 Å². The average Bonchev–Trinajstić information content (AvgIpc) is 3.09. The van der Waals surface area contributed by atoms with Gasteiger partial charge in [0.15, 0.2) is 11.5 Å². The van der Waals surface area contributed by atoms with E-state index in [0.717, 1.165) is 35.8 Å². The molecule has 0 radical (unpaired) electrons. The summed E-state index contributed by atoms with van der Waals surface area (Å²) in [6.07, 6.45) is 7.02. The molecule has 1 aromatic carbocycles. The van der Waals surface area contributed by atoms with Crippen molar-refractivity contribution in [1.82, 2.24) is 0 Å². The largest absolute Gasteiger partial charge is 0.493 e. The minimum absolute atomic E-state index is 0.813. The third kappa shape index (κ3) is 2.78. The fourth-order valence-corrected chi connectivity index (χ4v) is 4.08. The molecule has 3 atom stereocenters. The fourth-order valence-electron chi connectivity index (χ4n) is 4.08. The molecule has 3 heteroatoms. The SMILES string of the molecule is COc1ccc(CC[NH2+][C@@H]2C[C@@H]3CC[C@@H]2C3)cc1OC. The number of hydrogen-bond acceptors (Lipinski definition) is 2. The summed E-state index contributed by atoms with van der Waals surface area (Å²) in [7, 11) is 3.38. The van der Waals surface area contributed by atoms with Gasteiger partial charge in [0.05, 0.1) is 26.8 Å². The first-order chi connectivity index (χ1) is 9.80. The molecule has 2 bridgehead atoms. The van der Waals surface area contributed by atoms with Crippen LogP contribution >= 0.6 is 0 Å². The first-order valence-corrected chi connectivity index (χ1v) is 7.84. The van der Waals surface area contributed by atoms with Gasteiger partial charge in [0, 0.05) is 18.8 Å². The zero-order chi connectivity index (χ0) is 13.9. The Morgan fingerprint density at radius 2 is 1.95 bits per heavy atom. The molecule has 3 nitrogen and oxygen atoms in total. The predicted octanol–water partition coefficient (Wildman–Crippen LogP) is 2.00. The molecule has 110 valence electrons. The van der Waals surface area contributed by atoms with Crippen molar-refractivity contribution in [1.29, 1.82) is 0 Å². The van der Waals surface area contributed by atoms with Crippen molar-refractivity contribution < 1.29 is 14.8 Å². The van der Waals surface area contributed by atoms with Gasteiger partial charge in [-0.25, -0.2) is 0 Å². The predicted molar refractivity (Wildman–Crippen MR) is 79.3 cm³/mol. The lowest BCUT2D eigenvalue weighted by Gasteiger charge is -2.19. The van der Waals surface area contributed by atoms with Gasteiger partial charge in [0.25, 0.3) is 0 Å². The number of benzene rings is 1. The lowest BCUT2D eigenvalue weighted by molar-refractivity contribution is -0.694. The Morgan fingerprint density at radius 3 is 2.60 bits per heavy atom. The van der Waals surface area contributed by atoms with E-state index in [1.165, 1.54) is 37.8 Å². The zero-order valence-corrected chi connectivity index (χ0v) is 12.6. The van der Waals surface area contributed by atoms with E-state index in [2.05, 4.69) is 17.4 Å². The molecule has 2 aliphatic rings. The molecule has 0 saturated heterocycles. The van der Waals surface area contributed by atoms with Crippen molar-refractivity contribution >= 4 is 0 Å². The van der Waals surface area contributed by atoms with E-state index in [0.29, 0.717) is 0 Å². The maximum absolute atomic E-state index is 5.36. The van der Waals surface area contributed by atoms with E-state index < -0.39 is 0 Å². The quantitative estimate of drug-likeness (QED) is 0.862. The van der Waals surface area contributed by atoms with Crippen molar-refractivity contribution in [3.63, 3.8) is 0 Å². The first kappa shape index (κ1) is 13.7. The van der Waals surface area contributed by atoms with E-state index in [4.69, 9.17) is 9.47 Å². The maximum atomic E-state index is 5.36. The number of methoxy groups -OCH3 is 2. The third-order valence-electron chi connectivity index (χ3n) is 5.14. The number of fused-ring (bicyclic) bond motifs is 2. The second kappa shape index (κ2) is 6.04. The minimum atomic E-state index is 0.813. The number of rotatable bonds is 6. The van der Waals surface area contributed by atoms with Crippen molar-refractivity contribution in [2.75, 3.05) is 20.8 Å². The van der Waals surface area contributed by atoms with Gasteiger partial charge in [0.1, 0.15) is 0 Å². The van der Waals surface area contributed by atoms with Crippen LogP contribution in [0, 0.1) is 11.8 Å². The van der Waals surface area contributed by atoms with Gasteiger partial charge in [-0.05, 0) is 42.9 Å². The lowest BCUT2D eigenvalue weighted by atomic mass is 9.95. The third-order valence-corrected chi connectivity index (χ3v) is 5.14. The van der Waals surface area contributed by atoms with Crippen LogP contribution in [-0.2, 0) is 6.42 Å². The number of nitrogens with two attached hydrogens (primary N) is 1. The van der Waals surface area contributed by atoms with Crippen LogP contribution in [0.3, 0.4) is 0 Å². The molecule has 0 unspecified atom stereocenters. The number of quaternary nitrogens is 1. The second-order valence-corrected chi connectivity index (χ2v) is 6.30. The van der Waals surface area contributed by atoms with Gasteiger partial charge in [-0.15, -0.1) is 0 Å². The van der Waals surface area contributed by atoms with Crippen molar-refractivity contribution in [3.8, 4) is 11.5 Å². The molecular formula is C17H26NO2+. The summed E-state index contributed by atoms with van der Waals surface area (Å²) in [5.74, 6) is 3.70.